The van der Waals surface area contributed by atoms with E-state index in [0.717, 1.165) is 29.8 Å². The smallest absolute Gasteiger partial charge is 0.229 e. The number of aromatic nitrogens is 3. The molecule has 0 aliphatic rings. The van der Waals surface area contributed by atoms with Crippen LogP contribution in [0.4, 0.5) is 0 Å². The molecule has 19 heavy (non-hydrogen) atoms. The summed E-state index contributed by atoms with van der Waals surface area (Å²) in [5, 5.41) is 4.05. The summed E-state index contributed by atoms with van der Waals surface area (Å²) >= 11 is 0. The molecule has 0 aliphatic carbocycles. The number of nitrogens with zero attached hydrogens (tertiary/aromatic N) is 3. The molecule has 0 aromatic carbocycles. The Labute approximate surface area is 113 Å². The largest absolute Gasteiger partial charge is 0.339 e. The molecule has 0 aliphatic heterocycles. The molecule has 0 fully saturated rings. The summed E-state index contributed by atoms with van der Waals surface area (Å²) in [6, 6.07) is 3.93. The fraction of sp³-hybridized carbons (Fsp3) is 0.500. The Bertz CT molecular complexity index is 530. The van der Waals surface area contributed by atoms with Gasteiger partial charge in [-0.05, 0) is 45.4 Å². The maximum absolute atomic E-state index is 5.51. The van der Waals surface area contributed by atoms with E-state index in [9.17, 15) is 0 Å². The molecule has 5 nitrogen and oxygen atoms in total. The van der Waals surface area contributed by atoms with Crippen molar-refractivity contribution >= 4 is 0 Å². The van der Waals surface area contributed by atoms with Gasteiger partial charge in [0.1, 0.15) is 0 Å². The van der Waals surface area contributed by atoms with Crippen LogP contribution in [0.25, 0.3) is 11.4 Å². The van der Waals surface area contributed by atoms with Gasteiger partial charge in [0.05, 0.1) is 0 Å². The number of nitrogens with two attached hydrogens (primary N) is 1. The van der Waals surface area contributed by atoms with Crippen LogP contribution in [0.3, 0.4) is 0 Å². The molecule has 0 amide bonds. The average Bonchev–Trinajstić information content (AvgIpc) is 2.84. The van der Waals surface area contributed by atoms with Gasteiger partial charge in [0.15, 0.2) is 0 Å². The van der Waals surface area contributed by atoms with Crippen molar-refractivity contribution in [2.24, 2.45) is 5.73 Å². The average molecular weight is 260 g/mol. The zero-order chi connectivity index (χ0) is 13.8. The van der Waals surface area contributed by atoms with Crippen molar-refractivity contribution in [2.75, 3.05) is 6.54 Å². The molecular weight excluding hydrogens is 240 g/mol. The van der Waals surface area contributed by atoms with Crippen molar-refractivity contribution in [1.82, 2.24) is 15.1 Å². The summed E-state index contributed by atoms with van der Waals surface area (Å²) in [4.78, 5) is 8.81. The highest BCUT2D eigenvalue weighted by Gasteiger charge is 2.15. The third kappa shape index (κ3) is 3.38. The minimum atomic E-state index is 0.244. The van der Waals surface area contributed by atoms with Gasteiger partial charge in [-0.15, -0.1) is 0 Å². The van der Waals surface area contributed by atoms with Crippen LogP contribution in [0.2, 0.25) is 0 Å². The number of rotatable bonds is 5. The van der Waals surface area contributed by atoms with E-state index in [4.69, 9.17) is 10.3 Å². The topological polar surface area (TPSA) is 77.8 Å². The zero-order valence-electron chi connectivity index (χ0n) is 11.7. The number of hydrogen-bond donors (Lipinski definition) is 1. The lowest BCUT2D eigenvalue weighted by Gasteiger charge is -2.03. The summed E-state index contributed by atoms with van der Waals surface area (Å²) in [7, 11) is 0. The van der Waals surface area contributed by atoms with E-state index in [1.54, 1.807) is 0 Å². The van der Waals surface area contributed by atoms with Crippen LogP contribution in [-0.4, -0.2) is 21.7 Å². The standard InChI is InChI=1S/C14H20N4O/c1-9(5-4-6-15)14-17-13(18-19-14)12-7-10(2)16-11(3)8-12/h7-9H,4-6,15H2,1-3H3. The molecule has 102 valence electrons. The summed E-state index contributed by atoms with van der Waals surface area (Å²) < 4.78 is 5.34. The Hall–Kier alpha value is -1.75. The molecule has 2 rings (SSSR count). The van der Waals surface area contributed by atoms with Crippen molar-refractivity contribution in [1.29, 1.82) is 0 Å². The minimum Gasteiger partial charge on any atom is -0.339 e. The Kier molecular flexibility index (Phi) is 4.27. The molecule has 1 unspecified atom stereocenters. The van der Waals surface area contributed by atoms with E-state index in [2.05, 4.69) is 22.0 Å². The van der Waals surface area contributed by atoms with Gasteiger partial charge in [0.2, 0.25) is 11.7 Å². The van der Waals surface area contributed by atoms with Crippen molar-refractivity contribution in [3.63, 3.8) is 0 Å². The lowest BCUT2D eigenvalue weighted by molar-refractivity contribution is 0.352. The van der Waals surface area contributed by atoms with E-state index in [1.807, 2.05) is 26.0 Å². The van der Waals surface area contributed by atoms with E-state index >= 15 is 0 Å². The lowest BCUT2D eigenvalue weighted by atomic mass is 10.1. The van der Waals surface area contributed by atoms with Crippen molar-refractivity contribution in [3.8, 4) is 11.4 Å². The van der Waals surface area contributed by atoms with E-state index in [-0.39, 0.29) is 5.92 Å². The van der Waals surface area contributed by atoms with Crippen LogP contribution in [0.1, 0.15) is 43.0 Å². The molecule has 0 bridgehead atoms. The van der Waals surface area contributed by atoms with Gasteiger partial charge in [-0.3, -0.25) is 4.98 Å². The highest BCUT2D eigenvalue weighted by atomic mass is 16.5. The van der Waals surface area contributed by atoms with E-state index in [0.29, 0.717) is 18.3 Å². The van der Waals surface area contributed by atoms with E-state index in [1.165, 1.54) is 0 Å². The highest BCUT2D eigenvalue weighted by Crippen LogP contribution is 2.23. The van der Waals surface area contributed by atoms with Gasteiger partial charge < -0.3 is 10.3 Å². The zero-order valence-corrected chi connectivity index (χ0v) is 11.7. The predicted octanol–water partition coefficient (Wildman–Crippen LogP) is 2.59. The monoisotopic (exact) mass is 260 g/mol. The van der Waals surface area contributed by atoms with E-state index < -0.39 is 0 Å². The fourth-order valence-electron chi connectivity index (χ4n) is 2.06. The highest BCUT2D eigenvalue weighted by molar-refractivity contribution is 5.55. The van der Waals surface area contributed by atoms with Crippen LogP contribution < -0.4 is 5.73 Å². The van der Waals surface area contributed by atoms with Gasteiger partial charge in [-0.2, -0.15) is 4.98 Å². The van der Waals surface area contributed by atoms with Gasteiger partial charge in [-0.25, -0.2) is 0 Å². The van der Waals surface area contributed by atoms with Crippen LogP contribution in [0, 0.1) is 13.8 Å². The maximum Gasteiger partial charge on any atom is 0.229 e. The normalized spacial score (nSPS) is 12.6. The fourth-order valence-corrected chi connectivity index (χ4v) is 2.06. The van der Waals surface area contributed by atoms with Crippen LogP contribution in [-0.2, 0) is 0 Å². The number of hydrogen-bond acceptors (Lipinski definition) is 5. The first-order chi connectivity index (χ1) is 9.10. The molecule has 0 spiro atoms. The van der Waals surface area contributed by atoms with Gasteiger partial charge in [-0.1, -0.05) is 12.1 Å². The first kappa shape index (κ1) is 13.7. The molecule has 0 saturated carbocycles. The molecule has 0 saturated heterocycles. The quantitative estimate of drug-likeness (QED) is 0.894. The second-order valence-corrected chi connectivity index (χ2v) is 4.93. The van der Waals surface area contributed by atoms with Gasteiger partial charge >= 0.3 is 0 Å². The molecule has 2 N–H and O–H groups in total. The van der Waals surface area contributed by atoms with Gasteiger partial charge in [0, 0.05) is 22.9 Å². The second-order valence-electron chi connectivity index (χ2n) is 4.93. The second kappa shape index (κ2) is 5.93. The van der Waals surface area contributed by atoms with Crippen molar-refractivity contribution in [2.45, 2.75) is 39.5 Å². The Morgan fingerprint density at radius 2 is 1.89 bits per heavy atom. The summed E-state index contributed by atoms with van der Waals surface area (Å²) in [6.07, 6.45) is 1.93. The Morgan fingerprint density at radius 1 is 1.21 bits per heavy atom. The molecule has 0 radical (unpaired) electrons. The third-order valence-corrected chi connectivity index (χ3v) is 3.04. The van der Waals surface area contributed by atoms with Crippen molar-refractivity contribution < 1.29 is 4.52 Å². The molecule has 1 atom stereocenters. The maximum atomic E-state index is 5.51. The molecule has 5 heteroatoms. The number of aryl methyl sites for hydroxylation is 2. The lowest BCUT2D eigenvalue weighted by Crippen LogP contribution is -2.02. The first-order valence-corrected chi connectivity index (χ1v) is 6.59. The first-order valence-electron chi connectivity index (χ1n) is 6.59. The molecule has 2 aromatic heterocycles. The Balaban J connectivity index is 2.20. The van der Waals surface area contributed by atoms with Crippen LogP contribution in [0.5, 0.6) is 0 Å². The SMILES string of the molecule is Cc1cc(-c2noc(C(C)CCCN)n2)cc(C)n1. The molecule has 2 heterocycles. The predicted molar refractivity (Wildman–Crippen MR) is 73.7 cm³/mol. The molecule has 2 aromatic rings. The summed E-state index contributed by atoms with van der Waals surface area (Å²) in [6.45, 7) is 6.69. The van der Waals surface area contributed by atoms with Crippen LogP contribution in [0.15, 0.2) is 16.7 Å². The Morgan fingerprint density at radius 3 is 2.53 bits per heavy atom. The molecular formula is C14H20N4O. The minimum absolute atomic E-state index is 0.244. The third-order valence-electron chi connectivity index (χ3n) is 3.04. The number of pyridine rings is 1. The van der Waals surface area contributed by atoms with Crippen LogP contribution >= 0.6 is 0 Å². The summed E-state index contributed by atoms with van der Waals surface area (Å²) in [5.41, 5.74) is 8.37. The van der Waals surface area contributed by atoms with Crippen molar-refractivity contribution in [3.05, 3.63) is 29.4 Å². The van der Waals surface area contributed by atoms with Gasteiger partial charge in [0.25, 0.3) is 0 Å². The summed E-state index contributed by atoms with van der Waals surface area (Å²) in [5.74, 6) is 1.55.